The van der Waals surface area contributed by atoms with Crippen LogP contribution in [0.15, 0.2) is 67.3 Å². The molecule has 0 radical (unpaired) electrons. The summed E-state index contributed by atoms with van der Waals surface area (Å²) in [4.78, 5) is 14.1. The van der Waals surface area contributed by atoms with Gasteiger partial charge in [-0.05, 0) is 41.5 Å². The van der Waals surface area contributed by atoms with E-state index in [-0.39, 0.29) is 5.91 Å². The van der Waals surface area contributed by atoms with Gasteiger partial charge in [-0.1, -0.05) is 41.9 Å². The minimum atomic E-state index is -0.112. The summed E-state index contributed by atoms with van der Waals surface area (Å²) in [6, 6.07) is 16.6. The van der Waals surface area contributed by atoms with Crippen LogP contribution in [0.25, 0.3) is 6.08 Å². The molecule has 4 heteroatoms. The molecule has 0 aliphatic rings. The smallest absolute Gasteiger partial charge is 0.247 e. The molecule has 0 spiro atoms. The summed E-state index contributed by atoms with van der Waals surface area (Å²) in [5.74, 6) is -0.112. The summed E-state index contributed by atoms with van der Waals surface area (Å²) in [6.45, 7) is 4.60. The fourth-order valence-electron chi connectivity index (χ4n) is 2.18. The molecule has 2 rings (SSSR count). The van der Waals surface area contributed by atoms with Gasteiger partial charge in [0.2, 0.25) is 5.91 Å². The first-order valence-electron chi connectivity index (χ1n) is 7.45. The highest BCUT2D eigenvalue weighted by molar-refractivity contribution is 6.30. The second kappa shape index (κ2) is 8.71. The van der Waals surface area contributed by atoms with Crippen LogP contribution in [0, 0.1) is 11.3 Å². The molecule has 0 aliphatic heterocycles. The first kappa shape index (κ1) is 17.5. The van der Waals surface area contributed by atoms with Gasteiger partial charge in [-0.15, -0.1) is 6.58 Å². The second-order valence-corrected chi connectivity index (χ2v) is 5.64. The highest BCUT2D eigenvalue weighted by atomic mass is 35.5. The van der Waals surface area contributed by atoms with Gasteiger partial charge in [0.05, 0.1) is 11.6 Å². The molecule has 24 heavy (non-hydrogen) atoms. The maximum atomic E-state index is 12.4. The summed E-state index contributed by atoms with van der Waals surface area (Å²) in [5, 5.41) is 9.46. The molecule has 2 aromatic rings. The van der Waals surface area contributed by atoms with E-state index in [1.165, 1.54) is 6.08 Å². The van der Waals surface area contributed by atoms with Crippen LogP contribution in [0.3, 0.4) is 0 Å². The fourth-order valence-corrected chi connectivity index (χ4v) is 2.38. The molecular formula is C20H17ClN2O. The lowest BCUT2D eigenvalue weighted by Crippen LogP contribution is -2.29. The zero-order valence-corrected chi connectivity index (χ0v) is 13.9. The van der Waals surface area contributed by atoms with Crippen molar-refractivity contribution in [1.82, 2.24) is 4.90 Å². The summed E-state index contributed by atoms with van der Waals surface area (Å²) in [5.41, 5.74) is 2.43. The number of carbonyl (C=O) groups is 1. The molecular weight excluding hydrogens is 320 g/mol. The zero-order valence-electron chi connectivity index (χ0n) is 13.2. The van der Waals surface area contributed by atoms with E-state index < -0.39 is 0 Å². The number of carbonyl (C=O) groups excluding carboxylic acids is 1. The number of amides is 1. The van der Waals surface area contributed by atoms with Crippen molar-refractivity contribution in [3.63, 3.8) is 0 Å². The third kappa shape index (κ3) is 5.12. The van der Waals surface area contributed by atoms with E-state index >= 15 is 0 Å². The number of benzene rings is 2. The summed E-state index contributed by atoms with van der Waals surface area (Å²) < 4.78 is 0. The molecule has 0 atom stereocenters. The molecule has 0 saturated heterocycles. The number of nitriles is 1. The minimum absolute atomic E-state index is 0.112. The van der Waals surface area contributed by atoms with E-state index in [2.05, 4.69) is 12.6 Å². The fraction of sp³-hybridized carbons (Fsp3) is 0.100. The van der Waals surface area contributed by atoms with E-state index in [4.69, 9.17) is 16.9 Å². The van der Waals surface area contributed by atoms with Gasteiger partial charge in [0, 0.05) is 24.2 Å². The number of rotatable bonds is 6. The van der Waals surface area contributed by atoms with Crippen molar-refractivity contribution in [3.8, 4) is 6.07 Å². The topological polar surface area (TPSA) is 44.1 Å². The highest BCUT2D eigenvalue weighted by Crippen LogP contribution is 2.13. The van der Waals surface area contributed by atoms with Gasteiger partial charge in [0.15, 0.2) is 0 Å². The van der Waals surface area contributed by atoms with Gasteiger partial charge in [-0.2, -0.15) is 5.26 Å². The van der Waals surface area contributed by atoms with Gasteiger partial charge in [0.1, 0.15) is 0 Å². The van der Waals surface area contributed by atoms with E-state index in [0.29, 0.717) is 23.7 Å². The van der Waals surface area contributed by atoms with Crippen LogP contribution in [0.2, 0.25) is 5.02 Å². The van der Waals surface area contributed by atoms with Crippen molar-refractivity contribution in [3.05, 3.63) is 89.0 Å². The average Bonchev–Trinajstić information content (AvgIpc) is 2.60. The molecule has 3 nitrogen and oxygen atoms in total. The summed E-state index contributed by atoms with van der Waals surface area (Å²) >= 11 is 5.94. The third-order valence-electron chi connectivity index (χ3n) is 3.38. The lowest BCUT2D eigenvalue weighted by atomic mass is 10.1. The average molecular weight is 337 g/mol. The second-order valence-electron chi connectivity index (χ2n) is 5.20. The van der Waals surface area contributed by atoms with E-state index in [9.17, 15) is 4.79 Å². The molecule has 0 fully saturated rings. The normalized spacial score (nSPS) is 10.3. The quantitative estimate of drug-likeness (QED) is 0.578. The molecule has 1 amide bonds. The monoisotopic (exact) mass is 336 g/mol. The molecule has 0 aromatic heterocycles. The van der Waals surface area contributed by atoms with Crippen LogP contribution in [0.4, 0.5) is 0 Å². The number of hydrogen-bond donors (Lipinski definition) is 0. The van der Waals surface area contributed by atoms with Gasteiger partial charge < -0.3 is 4.90 Å². The SMILES string of the molecule is C=CCN(Cc1ccc(C#N)cc1)C(=O)/C=C/c1cccc(Cl)c1. The standard InChI is InChI=1S/C20H17ClN2O/c1-2-12-23(15-18-8-6-17(14-22)7-9-18)20(24)11-10-16-4-3-5-19(21)13-16/h2-11,13H,1,12,15H2/b11-10+. The molecule has 0 saturated carbocycles. The molecule has 0 unspecified atom stereocenters. The first-order chi connectivity index (χ1) is 11.6. The van der Waals surface area contributed by atoms with E-state index in [0.717, 1.165) is 11.1 Å². The predicted octanol–water partition coefficient (Wildman–Crippen LogP) is 4.44. The summed E-state index contributed by atoms with van der Waals surface area (Å²) in [6.07, 6.45) is 4.96. The lowest BCUT2D eigenvalue weighted by molar-refractivity contribution is -0.126. The third-order valence-corrected chi connectivity index (χ3v) is 3.62. The minimum Gasteiger partial charge on any atom is -0.331 e. The molecule has 0 N–H and O–H groups in total. The molecule has 0 heterocycles. The van der Waals surface area contributed by atoms with E-state index in [1.54, 1.807) is 41.3 Å². The Morgan fingerprint density at radius 2 is 2.00 bits per heavy atom. The Hall–Kier alpha value is -2.83. The van der Waals surface area contributed by atoms with E-state index in [1.807, 2.05) is 24.3 Å². The Morgan fingerprint density at radius 1 is 1.25 bits per heavy atom. The Balaban J connectivity index is 2.09. The molecule has 0 aliphatic carbocycles. The van der Waals surface area contributed by atoms with Crippen LogP contribution in [-0.2, 0) is 11.3 Å². The Bertz CT molecular complexity index is 788. The van der Waals surface area contributed by atoms with Crippen LogP contribution < -0.4 is 0 Å². The van der Waals surface area contributed by atoms with Gasteiger partial charge in [-0.25, -0.2) is 0 Å². The van der Waals surface area contributed by atoms with Crippen molar-refractivity contribution in [2.24, 2.45) is 0 Å². The first-order valence-corrected chi connectivity index (χ1v) is 7.82. The van der Waals surface area contributed by atoms with Crippen LogP contribution in [0.1, 0.15) is 16.7 Å². The number of hydrogen-bond acceptors (Lipinski definition) is 2. The van der Waals surface area contributed by atoms with Crippen molar-refractivity contribution in [1.29, 1.82) is 5.26 Å². The Labute approximate surface area is 147 Å². The summed E-state index contributed by atoms with van der Waals surface area (Å²) in [7, 11) is 0. The van der Waals surface area contributed by atoms with Gasteiger partial charge >= 0.3 is 0 Å². The Morgan fingerprint density at radius 3 is 2.62 bits per heavy atom. The maximum Gasteiger partial charge on any atom is 0.247 e. The molecule has 120 valence electrons. The van der Waals surface area contributed by atoms with Gasteiger partial charge in [-0.3, -0.25) is 4.79 Å². The van der Waals surface area contributed by atoms with Crippen LogP contribution in [-0.4, -0.2) is 17.4 Å². The lowest BCUT2D eigenvalue weighted by Gasteiger charge is -2.19. The zero-order chi connectivity index (χ0) is 17.4. The number of halogens is 1. The van der Waals surface area contributed by atoms with Crippen molar-refractivity contribution < 1.29 is 4.79 Å². The molecule has 0 bridgehead atoms. The highest BCUT2D eigenvalue weighted by Gasteiger charge is 2.09. The van der Waals surface area contributed by atoms with Crippen LogP contribution >= 0.6 is 11.6 Å². The van der Waals surface area contributed by atoms with Crippen molar-refractivity contribution in [2.75, 3.05) is 6.54 Å². The van der Waals surface area contributed by atoms with Crippen molar-refractivity contribution >= 4 is 23.6 Å². The van der Waals surface area contributed by atoms with Crippen molar-refractivity contribution in [2.45, 2.75) is 6.54 Å². The molecule has 2 aromatic carbocycles. The largest absolute Gasteiger partial charge is 0.331 e. The van der Waals surface area contributed by atoms with Crippen LogP contribution in [0.5, 0.6) is 0 Å². The number of nitrogens with zero attached hydrogens (tertiary/aromatic N) is 2. The maximum absolute atomic E-state index is 12.4. The van der Waals surface area contributed by atoms with Gasteiger partial charge in [0.25, 0.3) is 0 Å². The predicted molar refractivity (Wildman–Crippen MR) is 97.3 cm³/mol. The Kier molecular flexibility index (Phi) is 6.36.